The minimum Gasteiger partial charge on any atom is -0.467 e. The van der Waals surface area contributed by atoms with Crippen molar-refractivity contribution in [1.82, 2.24) is 9.88 Å². The van der Waals surface area contributed by atoms with Gasteiger partial charge in [-0.15, -0.1) is 0 Å². The monoisotopic (exact) mass is 367 g/mol. The lowest BCUT2D eigenvalue weighted by Crippen LogP contribution is -2.28. The fourth-order valence-corrected chi connectivity index (χ4v) is 2.27. The standard InChI is InChI=1S/C18H20F3N3O2/c1-23(2)14-8-6-13(7-9-14)11-24(3)17(25)15-5-4-10-22-16(15)26-12-18(19,20)21/h4-10H,11-12H2,1-3H3. The van der Waals surface area contributed by atoms with Crippen LogP contribution in [0.2, 0.25) is 0 Å². The number of aromatic nitrogens is 1. The zero-order valence-corrected chi connectivity index (χ0v) is 14.7. The molecule has 0 radical (unpaired) electrons. The summed E-state index contributed by atoms with van der Waals surface area (Å²) in [6.45, 7) is -1.19. The Bertz CT molecular complexity index is 746. The molecule has 1 aromatic carbocycles. The van der Waals surface area contributed by atoms with Gasteiger partial charge in [0.25, 0.3) is 5.91 Å². The van der Waals surface area contributed by atoms with Crippen LogP contribution < -0.4 is 9.64 Å². The van der Waals surface area contributed by atoms with Gasteiger partial charge in [-0.25, -0.2) is 4.98 Å². The number of benzene rings is 1. The minimum absolute atomic E-state index is 0.0100. The lowest BCUT2D eigenvalue weighted by atomic mass is 10.1. The van der Waals surface area contributed by atoms with E-state index >= 15 is 0 Å². The molecule has 0 fully saturated rings. The predicted molar refractivity (Wildman–Crippen MR) is 92.4 cm³/mol. The van der Waals surface area contributed by atoms with Gasteiger partial charge in [-0.1, -0.05) is 12.1 Å². The van der Waals surface area contributed by atoms with Gasteiger partial charge in [-0.3, -0.25) is 4.79 Å². The van der Waals surface area contributed by atoms with Gasteiger partial charge < -0.3 is 14.5 Å². The van der Waals surface area contributed by atoms with E-state index in [1.54, 1.807) is 7.05 Å². The molecule has 0 aliphatic carbocycles. The molecule has 0 bridgehead atoms. The molecule has 2 aromatic rings. The van der Waals surface area contributed by atoms with Crippen molar-refractivity contribution in [2.45, 2.75) is 12.7 Å². The lowest BCUT2D eigenvalue weighted by molar-refractivity contribution is -0.154. The van der Waals surface area contributed by atoms with E-state index in [-0.39, 0.29) is 11.4 Å². The number of ether oxygens (including phenoxy) is 1. The second-order valence-electron chi connectivity index (χ2n) is 5.98. The first-order valence-electron chi connectivity index (χ1n) is 7.83. The Morgan fingerprint density at radius 3 is 2.35 bits per heavy atom. The van der Waals surface area contributed by atoms with Crippen LogP contribution in [0.1, 0.15) is 15.9 Å². The van der Waals surface area contributed by atoms with E-state index in [0.717, 1.165) is 11.3 Å². The van der Waals surface area contributed by atoms with E-state index in [2.05, 4.69) is 9.72 Å². The van der Waals surface area contributed by atoms with Crippen molar-refractivity contribution < 1.29 is 22.7 Å². The molecule has 1 aromatic heterocycles. The molecule has 26 heavy (non-hydrogen) atoms. The average molecular weight is 367 g/mol. The van der Waals surface area contributed by atoms with Crippen molar-refractivity contribution >= 4 is 11.6 Å². The molecule has 8 heteroatoms. The first kappa shape index (κ1) is 19.6. The third-order valence-corrected chi connectivity index (χ3v) is 3.59. The topological polar surface area (TPSA) is 45.7 Å². The van der Waals surface area contributed by atoms with E-state index in [1.807, 2.05) is 43.3 Å². The highest BCUT2D eigenvalue weighted by Gasteiger charge is 2.30. The van der Waals surface area contributed by atoms with Crippen LogP contribution in [-0.2, 0) is 6.54 Å². The maximum atomic E-state index is 12.6. The number of amides is 1. The molecule has 0 unspecified atom stereocenters. The molecule has 1 amide bonds. The van der Waals surface area contributed by atoms with Crippen molar-refractivity contribution in [2.24, 2.45) is 0 Å². The van der Waals surface area contributed by atoms with Crippen molar-refractivity contribution in [3.05, 3.63) is 53.7 Å². The number of pyridine rings is 1. The van der Waals surface area contributed by atoms with Crippen LogP contribution >= 0.6 is 0 Å². The van der Waals surface area contributed by atoms with Gasteiger partial charge in [0.2, 0.25) is 5.88 Å². The van der Waals surface area contributed by atoms with Gasteiger partial charge in [0.1, 0.15) is 5.56 Å². The largest absolute Gasteiger partial charge is 0.467 e. The van der Waals surface area contributed by atoms with Gasteiger partial charge in [0.15, 0.2) is 6.61 Å². The van der Waals surface area contributed by atoms with Crippen LogP contribution in [0.25, 0.3) is 0 Å². The summed E-state index contributed by atoms with van der Waals surface area (Å²) in [7, 11) is 5.42. The van der Waals surface area contributed by atoms with Gasteiger partial charge >= 0.3 is 6.18 Å². The Balaban J connectivity index is 2.10. The van der Waals surface area contributed by atoms with Gasteiger partial charge in [0.05, 0.1) is 0 Å². The van der Waals surface area contributed by atoms with Crippen molar-refractivity contribution in [3.63, 3.8) is 0 Å². The highest BCUT2D eigenvalue weighted by molar-refractivity contribution is 5.96. The minimum atomic E-state index is -4.50. The Hall–Kier alpha value is -2.77. The fraction of sp³-hybridized carbons (Fsp3) is 0.333. The summed E-state index contributed by atoms with van der Waals surface area (Å²) in [5.41, 5.74) is 1.91. The fourth-order valence-electron chi connectivity index (χ4n) is 2.27. The maximum Gasteiger partial charge on any atom is 0.422 e. The van der Waals surface area contributed by atoms with Crippen molar-refractivity contribution in [3.8, 4) is 5.88 Å². The third-order valence-electron chi connectivity index (χ3n) is 3.59. The van der Waals surface area contributed by atoms with Crippen molar-refractivity contribution in [1.29, 1.82) is 0 Å². The van der Waals surface area contributed by atoms with E-state index in [4.69, 9.17) is 0 Å². The number of hydrogen-bond donors (Lipinski definition) is 0. The lowest BCUT2D eigenvalue weighted by Gasteiger charge is -2.20. The number of carbonyl (C=O) groups excluding carboxylic acids is 1. The quantitative estimate of drug-likeness (QED) is 0.785. The molecule has 5 nitrogen and oxygen atoms in total. The third kappa shape index (κ3) is 5.37. The summed E-state index contributed by atoms with van der Waals surface area (Å²) < 4.78 is 41.7. The van der Waals surface area contributed by atoms with E-state index in [9.17, 15) is 18.0 Å². The van der Waals surface area contributed by atoms with Crippen LogP contribution in [0.5, 0.6) is 5.88 Å². The van der Waals surface area contributed by atoms with Crippen LogP contribution in [0, 0.1) is 0 Å². The normalized spacial score (nSPS) is 11.2. The zero-order valence-electron chi connectivity index (χ0n) is 14.7. The van der Waals surface area contributed by atoms with E-state index in [1.165, 1.54) is 23.2 Å². The van der Waals surface area contributed by atoms with Gasteiger partial charge in [-0.2, -0.15) is 13.2 Å². The average Bonchev–Trinajstić information content (AvgIpc) is 2.59. The highest BCUT2D eigenvalue weighted by Crippen LogP contribution is 2.22. The molecule has 1 heterocycles. The molecule has 0 saturated heterocycles. The molecular weight excluding hydrogens is 347 g/mol. The second-order valence-corrected chi connectivity index (χ2v) is 5.98. The summed E-state index contributed by atoms with van der Waals surface area (Å²) in [4.78, 5) is 19.7. The zero-order chi connectivity index (χ0) is 19.3. The van der Waals surface area contributed by atoms with Gasteiger partial charge in [-0.05, 0) is 29.8 Å². The Kier molecular flexibility index (Phi) is 6.07. The molecule has 0 atom stereocenters. The SMILES string of the molecule is CN(Cc1ccc(N(C)C)cc1)C(=O)c1cccnc1OCC(F)(F)F. The number of alkyl halides is 3. The van der Waals surface area contributed by atoms with Gasteiger partial charge in [0, 0.05) is 39.6 Å². The maximum absolute atomic E-state index is 12.6. The van der Waals surface area contributed by atoms with E-state index < -0.39 is 18.7 Å². The molecule has 0 aliphatic heterocycles. The molecule has 0 aliphatic rings. The van der Waals surface area contributed by atoms with Crippen LogP contribution in [-0.4, -0.2) is 49.7 Å². The molecular formula is C18H20F3N3O2. The number of rotatable bonds is 6. The highest BCUT2D eigenvalue weighted by atomic mass is 19.4. The number of anilines is 1. The Morgan fingerprint density at radius 2 is 1.77 bits per heavy atom. The second kappa shape index (κ2) is 8.07. The molecule has 0 saturated carbocycles. The van der Waals surface area contributed by atoms with Crippen LogP contribution in [0.3, 0.4) is 0 Å². The Morgan fingerprint density at radius 1 is 1.12 bits per heavy atom. The smallest absolute Gasteiger partial charge is 0.422 e. The molecule has 2 rings (SSSR count). The summed E-state index contributed by atoms with van der Waals surface area (Å²) >= 11 is 0. The molecule has 140 valence electrons. The first-order chi connectivity index (χ1) is 12.2. The van der Waals surface area contributed by atoms with Crippen LogP contribution in [0.15, 0.2) is 42.6 Å². The molecule has 0 N–H and O–H groups in total. The number of nitrogens with zero attached hydrogens (tertiary/aromatic N) is 3. The van der Waals surface area contributed by atoms with Crippen LogP contribution in [0.4, 0.5) is 18.9 Å². The summed E-state index contributed by atoms with van der Waals surface area (Å²) in [5, 5.41) is 0. The summed E-state index contributed by atoms with van der Waals surface area (Å²) in [5.74, 6) is -0.795. The summed E-state index contributed by atoms with van der Waals surface area (Å²) in [6.07, 6.45) is -3.22. The summed E-state index contributed by atoms with van der Waals surface area (Å²) in [6, 6.07) is 10.5. The first-order valence-corrected chi connectivity index (χ1v) is 7.83. The van der Waals surface area contributed by atoms with E-state index in [0.29, 0.717) is 6.54 Å². The number of carbonyl (C=O) groups is 1. The predicted octanol–water partition coefficient (Wildman–Crippen LogP) is 3.36. The number of halogens is 3. The van der Waals surface area contributed by atoms with Crippen molar-refractivity contribution in [2.75, 3.05) is 32.6 Å². The number of hydrogen-bond acceptors (Lipinski definition) is 4. The molecule has 0 spiro atoms. The Labute approximate surface area is 150 Å².